The number of aryl methyl sites for hydroxylation is 3. The van der Waals surface area contributed by atoms with Crippen LogP contribution in [0.4, 0.5) is 21.8 Å². The molecule has 0 aliphatic heterocycles. The highest BCUT2D eigenvalue weighted by atomic mass is 19.1. The summed E-state index contributed by atoms with van der Waals surface area (Å²) in [7, 11) is 0. The van der Waals surface area contributed by atoms with Gasteiger partial charge in [0.1, 0.15) is 11.6 Å². The predicted molar refractivity (Wildman–Crippen MR) is 117 cm³/mol. The molecule has 30 heavy (non-hydrogen) atoms. The van der Waals surface area contributed by atoms with Gasteiger partial charge in [-0.05, 0) is 62.1 Å². The zero-order valence-corrected chi connectivity index (χ0v) is 17.3. The van der Waals surface area contributed by atoms with Crippen molar-refractivity contribution in [3.63, 3.8) is 0 Å². The fourth-order valence-corrected chi connectivity index (χ4v) is 3.09. The lowest BCUT2D eigenvalue weighted by Crippen LogP contribution is -2.08. The number of pyridine rings is 1. The van der Waals surface area contributed by atoms with Crippen molar-refractivity contribution in [1.29, 1.82) is 0 Å². The lowest BCUT2D eigenvalue weighted by Gasteiger charge is -2.11. The Balaban J connectivity index is 1.61. The summed E-state index contributed by atoms with van der Waals surface area (Å²) in [5.41, 5.74) is 10.3. The van der Waals surface area contributed by atoms with Crippen molar-refractivity contribution in [2.24, 2.45) is 0 Å². The minimum atomic E-state index is -0.240. The van der Waals surface area contributed by atoms with Gasteiger partial charge in [0.25, 0.3) is 0 Å². The maximum atomic E-state index is 13.8. The molecular weight excluding hydrogens is 383 g/mol. The highest BCUT2D eigenvalue weighted by molar-refractivity contribution is 5.88. The van der Waals surface area contributed by atoms with Crippen molar-refractivity contribution in [2.75, 3.05) is 22.9 Å². The van der Waals surface area contributed by atoms with Crippen LogP contribution >= 0.6 is 0 Å². The summed E-state index contributed by atoms with van der Waals surface area (Å²) < 4.78 is 13.8. The SMILES string of the molecule is CC(=O)Nc1ccc(CCCNc2cc(-c3cc(C)c(F)cc3C)nc(N)n2)nc1. The van der Waals surface area contributed by atoms with Crippen molar-refractivity contribution in [2.45, 2.75) is 33.6 Å². The summed E-state index contributed by atoms with van der Waals surface area (Å²) in [5, 5.41) is 5.95. The van der Waals surface area contributed by atoms with Gasteiger partial charge in [0.2, 0.25) is 11.9 Å². The number of anilines is 3. The number of hydrogen-bond donors (Lipinski definition) is 3. The number of carbonyl (C=O) groups is 1. The first-order valence-electron chi connectivity index (χ1n) is 9.70. The molecule has 4 N–H and O–H groups in total. The van der Waals surface area contributed by atoms with Gasteiger partial charge in [0.05, 0.1) is 17.6 Å². The van der Waals surface area contributed by atoms with E-state index in [1.807, 2.05) is 25.1 Å². The van der Waals surface area contributed by atoms with E-state index in [0.717, 1.165) is 29.7 Å². The Morgan fingerprint density at radius 2 is 1.93 bits per heavy atom. The second-order valence-electron chi connectivity index (χ2n) is 7.16. The molecule has 1 amide bonds. The Labute approximate surface area is 175 Å². The van der Waals surface area contributed by atoms with Crippen molar-refractivity contribution in [3.8, 4) is 11.3 Å². The molecule has 0 spiro atoms. The van der Waals surface area contributed by atoms with Crippen LogP contribution in [0.1, 0.15) is 30.2 Å². The number of rotatable bonds is 7. The van der Waals surface area contributed by atoms with E-state index in [2.05, 4.69) is 25.6 Å². The van der Waals surface area contributed by atoms with Gasteiger partial charge in [-0.1, -0.05) is 0 Å². The Bertz CT molecular complexity index is 1050. The first-order valence-corrected chi connectivity index (χ1v) is 9.70. The molecule has 1 aromatic carbocycles. The van der Waals surface area contributed by atoms with E-state index in [-0.39, 0.29) is 17.7 Å². The molecule has 8 heteroatoms. The Kier molecular flexibility index (Phi) is 6.56. The van der Waals surface area contributed by atoms with E-state index >= 15 is 0 Å². The number of nitrogens with zero attached hydrogens (tertiary/aromatic N) is 3. The third kappa shape index (κ3) is 5.50. The summed E-state index contributed by atoms with van der Waals surface area (Å²) in [5.74, 6) is 0.415. The van der Waals surface area contributed by atoms with Crippen LogP contribution in [-0.4, -0.2) is 27.4 Å². The molecule has 0 atom stereocenters. The maximum absolute atomic E-state index is 13.8. The maximum Gasteiger partial charge on any atom is 0.222 e. The molecule has 3 rings (SSSR count). The largest absolute Gasteiger partial charge is 0.370 e. The average molecular weight is 408 g/mol. The second kappa shape index (κ2) is 9.30. The number of hydrogen-bond acceptors (Lipinski definition) is 6. The molecular formula is C22H25FN6O. The number of carbonyl (C=O) groups excluding carboxylic acids is 1. The smallest absolute Gasteiger partial charge is 0.222 e. The molecule has 0 aliphatic rings. The molecule has 0 bridgehead atoms. The third-order valence-corrected chi connectivity index (χ3v) is 4.59. The van der Waals surface area contributed by atoms with Gasteiger partial charge in [-0.25, -0.2) is 9.37 Å². The van der Waals surface area contributed by atoms with E-state index < -0.39 is 0 Å². The molecule has 0 saturated carbocycles. The number of nitrogen functional groups attached to an aromatic ring is 1. The van der Waals surface area contributed by atoms with Gasteiger partial charge in [-0.15, -0.1) is 0 Å². The Hall–Kier alpha value is -3.55. The highest BCUT2D eigenvalue weighted by Gasteiger charge is 2.10. The summed E-state index contributed by atoms with van der Waals surface area (Å²) in [6.07, 6.45) is 3.26. The Morgan fingerprint density at radius 1 is 1.13 bits per heavy atom. The molecule has 0 saturated heterocycles. The van der Waals surface area contributed by atoms with Crippen LogP contribution in [0.25, 0.3) is 11.3 Å². The number of benzene rings is 1. The van der Waals surface area contributed by atoms with Gasteiger partial charge < -0.3 is 16.4 Å². The minimum Gasteiger partial charge on any atom is -0.370 e. The number of aromatic nitrogens is 3. The van der Waals surface area contributed by atoms with Crippen LogP contribution in [0.3, 0.4) is 0 Å². The zero-order chi connectivity index (χ0) is 21.7. The van der Waals surface area contributed by atoms with Gasteiger partial charge in [0.15, 0.2) is 0 Å². The summed E-state index contributed by atoms with van der Waals surface area (Å²) in [4.78, 5) is 23.9. The van der Waals surface area contributed by atoms with Gasteiger partial charge >= 0.3 is 0 Å². The Morgan fingerprint density at radius 3 is 2.63 bits per heavy atom. The van der Waals surface area contributed by atoms with Crippen LogP contribution < -0.4 is 16.4 Å². The van der Waals surface area contributed by atoms with E-state index in [1.54, 1.807) is 19.2 Å². The van der Waals surface area contributed by atoms with E-state index in [9.17, 15) is 9.18 Å². The molecule has 2 heterocycles. The van der Waals surface area contributed by atoms with Crippen molar-refractivity contribution in [1.82, 2.24) is 15.0 Å². The van der Waals surface area contributed by atoms with Gasteiger partial charge in [0, 0.05) is 30.8 Å². The van der Waals surface area contributed by atoms with Crippen LogP contribution in [0.15, 0.2) is 36.5 Å². The molecule has 0 unspecified atom stereocenters. The summed E-state index contributed by atoms with van der Waals surface area (Å²) in [6, 6.07) is 8.82. The van der Waals surface area contributed by atoms with Crippen LogP contribution in [0, 0.1) is 19.7 Å². The quantitative estimate of drug-likeness (QED) is 0.512. The summed E-state index contributed by atoms with van der Waals surface area (Å²) in [6.45, 7) is 5.70. The van der Waals surface area contributed by atoms with E-state index in [0.29, 0.717) is 29.3 Å². The average Bonchev–Trinajstić information content (AvgIpc) is 2.68. The molecule has 7 nitrogen and oxygen atoms in total. The number of nitrogens with one attached hydrogen (secondary N) is 2. The standard InChI is InChI=1S/C22H25FN6O/c1-13-10-19(23)14(2)9-18(13)20-11-21(29-22(24)28-20)25-8-4-5-16-6-7-17(12-26-16)27-15(3)30/h6-7,9-12H,4-5,8H2,1-3H3,(H,27,30)(H3,24,25,28,29). The molecule has 0 fully saturated rings. The molecule has 0 aliphatic carbocycles. The van der Waals surface area contributed by atoms with Crippen molar-refractivity contribution in [3.05, 3.63) is 59.2 Å². The lowest BCUT2D eigenvalue weighted by atomic mass is 10.0. The highest BCUT2D eigenvalue weighted by Crippen LogP contribution is 2.26. The topological polar surface area (TPSA) is 106 Å². The first-order chi connectivity index (χ1) is 14.3. The van der Waals surface area contributed by atoms with Crippen LogP contribution in [0.2, 0.25) is 0 Å². The summed E-state index contributed by atoms with van der Waals surface area (Å²) >= 11 is 0. The monoisotopic (exact) mass is 408 g/mol. The number of halogens is 1. The molecule has 0 radical (unpaired) electrons. The van der Waals surface area contributed by atoms with Crippen molar-refractivity contribution >= 4 is 23.4 Å². The third-order valence-electron chi connectivity index (χ3n) is 4.59. The predicted octanol–water partition coefficient (Wildman–Crippen LogP) is 3.88. The fourth-order valence-electron chi connectivity index (χ4n) is 3.09. The van der Waals surface area contributed by atoms with Crippen LogP contribution in [0.5, 0.6) is 0 Å². The first kappa shape index (κ1) is 21.2. The molecule has 3 aromatic rings. The van der Waals surface area contributed by atoms with Gasteiger partial charge in [-0.3, -0.25) is 9.78 Å². The minimum absolute atomic E-state index is 0.122. The normalized spacial score (nSPS) is 10.7. The van der Waals surface area contributed by atoms with Gasteiger partial charge in [-0.2, -0.15) is 4.98 Å². The second-order valence-corrected chi connectivity index (χ2v) is 7.16. The zero-order valence-electron chi connectivity index (χ0n) is 17.3. The van der Waals surface area contributed by atoms with E-state index in [1.165, 1.54) is 13.0 Å². The van der Waals surface area contributed by atoms with E-state index in [4.69, 9.17) is 5.73 Å². The van der Waals surface area contributed by atoms with Crippen molar-refractivity contribution < 1.29 is 9.18 Å². The molecule has 2 aromatic heterocycles. The van der Waals surface area contributed by atoms with Crippen LogP contribution in [-0.2, 0) is 11.2 Å². The number of nitrogens with two attached hydrogens (primary N) is 1. The molecule has 156 valence electrons. The fraction of sp³-hybridized carbons (Fsp3) is 0.273. The lowest BCUT2D eigenvalue weighted by molar-refractivity contribution is -0.114. The number of amides is 1.